The van der Waals surface area contributed by atoms with E-state index < -0.39 is 0 Å². The molecular weight excluding hydrogens is 286 g/mol. The summed E-state index contributed by atoms with van der Waals surface area (Å²) in [5, 5.41) is 0.691. The normalized spacial score (nSPS) is 11.7. The molecule has 2 aromatic heterocycles. The van der Waals surface area contributed by atoms with E-state index in [2.05, 4.69) is 23.4 Å². The van der Waals surface area contributed by atoms with Crippen molar-refractivity contribution >= 4 is 22.6 Å². The van der Waals surface area contributed by atoms with Crippen molar-refractivity contribution in [3.63, 3.8) is 0 Å². The van der Waals surface area contributed by atoms with Crippen LogP contribution < -0.4 is 5.73 Å². The van der Waals surface area contributed by atoms with Crippen LogP contribution >= 0.6 is 11.6 Å². The van der Waals surface area contributed by atoms with Crippen LogP contribution in [0.15, 0.2) is 30.7 Å². The van der Waals surface area contributed by atoms with Crippen LogP contribution in [0.2, 0.25) is 5.02 Å². The molecule has 1 aromatic carbocycles. The van der Waals surface area contributed by atoms with Gasteiger partial charge >= 0.3 is 0 Å². The van der Waals surface area contributed by atoms with Crippen molar-refractivity contribution in [3.05, 3.63) is 35.7 Å². The van der Waals surface area contributed by atoms with Crippen LogP contribution in [-0.2, 0) is 6.54 Å². The van der Waals surface area contributed by atoms with Crippen LogP contribution in [0.25, 0.3) is 22.6 Å². The molecule has 5 nitrogen and oxygen atoms in total. The monoisotopic (exact) mass is 303 g/mol. The Balaban J connectivity index is 2.18. The quantitative estimate of drug-likeness (QED) is 0.805. The predicted octanol–water partition coefficient (Wildman–Crippen LogP) is 3.09. The number of nitrogens with two attached hydrogens (primary N) is 1. The highest BCUT2D eigenvalue weighted by Crippen LogP contribution is 2.28. The maximum Gasteiger partial charge on any atom is 0.161 e. The van der Waals surface area contributed by atoms with Gasteiger partial charge < -0.3 is 14.9 Å². The topological polar surface area (TPSA) is 61.7 Å². The Labute approximate surface area is 128 Å². The van der Waals surface area contributed by atoms with Crippen LogP contribution in [0.5, 0.6) is 0 Å². The second-order valence-corrected chi connectivity index (χ2v) is 5.75. The van der Waals surface area contributed by atoms with Gasteiger partial charge in [0.15, 0.2) is 5.82 Å². The third kappa shape index (κ3) is 2.54. The van der Waals surface area contributed by atoms with Crippen LogP contribution in [0.3, 0.4) is 0 Å². The van der Waals surface area contributed by atoms with E-state index in [0.29, 0.717) is 11.6 Å². The van der Waals surface area contributed by atoms with Crippen LogP contribution in [-0.4, -0.2) is 25.6 Å². The molecule has 0 atom stereocenters. The van der Waals surface area contributed by atoms with E-state index in [-0.39, 0.29) is 6.04 Å². The fraction of sp³-hybridized carbons (Fsp3) is 0.333. The first kappa shape index (κ1) is 14.1. The molecule has 0 saturated heterocycles. The summed E-state index contributed by atoms with van der Waals surface area (Å²) in [6.07, 6.45) is 3.77. The van der Waals surface area contributed by atoms with Gasteiger partial charge in [0.2, 0.25) is 0 Å². The minimum Gasteiger partial charge on any atom is -0.335 e. The summed E-state index contributed by atoms with van der Waals surface area (Å²) in [6.45, 7) is 5.61. The number of fused-ring (bicyclic) bond motifs is 1. The number of hydrogen-bond donors (Lipinski definition) is 1. The number of nitrogens with zero attached hydrogens (tertiary/aromatic N) is 4. The molecule has 0 aliphatic carbocycles. The molecule has 2 heterocycles. The zero-order valence-electron chi connectivity index (χ0n) is 12.1. The summed E-state index contributed by atoms with van der Waals surface area (Å²) in [7, 11) is 0. The van der Waals surface area contributed by atoms with Crippen molar-refractivity contribution in [2.75, 3.05) is 6.54 Å². The SMILES string of the molecule is CC(C)n1c(-c2cn(CCN)cn2)nc2cc(Cl)ccc21. The van der Waals surface area contributed by atoms with Crippen LogP contribution in [0, 0.1) is 0 Å². The highest BCUT2D eigenvalue weighted by Gasteiger charge is 2.17. The summed E-state index contributed by atoms with van der Waals surface area (Å²) in [6, 6.07) is 6.06. The first-order valence-electron chi connectivity index (χ1n) is 7.00. The first-order chi connectivity index (χ1) is 10.1. The molecule has 3 aromatic rings. The van der Waals surface area contributed by atoms with Crippen molar-refractivity contribution in [1.82, 2.24) is 19.1 Å². The third-order valence-corrected chi connectivity index (χ3v) is 3.65. The summed E-state index contributed by atoms with van der Waals surface area (Å²) in [5.74, 6) is 0.859. The maximum atomic E-state index is 6.07. The van der Waals surface area contributed by atoms with Crippen molar-refractivity contribution in [3.8, 4) is 11.5 Å². The lowest BCUT2D eigenvalue weighted by Crippen LogP contribution is -2.07. The molecule has 2 N–H and O–H groups in total. The lowest BCUT2D eigenvalue weighted by atomic mass is 10.3. The summed E-state index contributed by atoms with van der Waals surface area (Å²) >= 11 is 6.07. The van der Waals surface area contributed by atoms with E-state index in [9.17, 15) is 0 Å². The van der Waals surface area contributed by atoms with Gasteiger partial charge in [0.25, 0.3) is 0 Å². The summed E-state index contributed by atoms with van der Waals surface area (Å²) in [4.78, 5) is 9.17. The predicted molar refractivity (Wildman–Crippen MR) is 85.4 cm³/mol. The van der Waals surface area contributed by atoms with Gasteiger partial charge in [0.05, 0.1) is 17.4 Å². The minimum atomic E-state index is 0.283. The average molecular weight is 304 g/mol. The standard InChI is InChI=1S/C15H18ClN5/c1-10(2)21-14-4-3-11(16)7-12(14)19-15(21)13-8-20(6-5-17)9-18-13/h3-4,7-10H,5-6,17H2,1-2H3. The largest absolute Gasteiger partial charge is 0.335 e. The van der Waals surface area contributed by atoms with E-state index in [0.717, 1.165) is 29.1 Å². The van der Waals surface area contributed by atoms with Gasteiger partial charge in [0, 0.05) is 30.4 Å². The van der Waals surface area contributed by atoms with Crippen molar-refractivity contribution in [1.29, 1.82) is 0 Å². The molecule has 6 heteroatoms. The number of rotatable bonds is 4. The van der Waals surface area contributed by atoms with E-state index in [1.807, 2.05) is 29.0 Å². The Morgan fingerprint density at radius 1 is 1.33 bits per heavy atom. The fourth-order valence-electron chi connectivity index (χ4n) is 2.52. The maximum absolute atomic E-state index is 6.07. The third-order valence-electron chi connectivity index (χ3n) is 3.42. The lowest BCUT2D eigenvalue weighted by molar-refractivity contribution is 0.623. The number of aromatic nitrogens is 4. The molecule has 0 bridgehead atoms. The molecule has 3 rings (SSSR count). The Kier molecular flexibility index (Phi) is 3.69. The molecule has 0 saturated carbocycles. The van der Waals surface area contributed by atoms with E-state index in [1.165, 1.54) is 0 Å². The molecule has 0 amide bonds. The van der Waals surface area contributed by atoms with Gasteiger partial charge in [0.1, 0.15) is 5.69 Å². The molecule has 21 heavy (non-hydrogen) atoms. The molecule has 0 fully saturated rings. The van der Waals surface area contributed by atoms with Crippen LogP contribution in [0.1, 0.15) is 19.9 Å². The Hall–Kier alpha value is -1.85. The van der Waals surface area contributed by atoms with Gasteiger partial charge in [-0.15, -0.1) is 0 Å². The number of hydrogen-bond acceptors (Lipinski definition) is 3. The molecule has 0 radical (unpaired) electrons. The Morgan fingerprint density at radius 3 is 2.86 bits per heavy atom. The van der Waals surface area contributed by atoms with E-state index >= 15 is 0 Å². The second kappa shape index (κ2) is 5.50. The van der Waals surface area contributed by atoms with Crippen molar-refractivity contribution < 1.29 is 0 Å². The molecular formula is C15H18ClN5. The highest BCUT2D eigenvalue weighted by molar-refractivity contribution is 6.31. The van der Waals surface area contributed by atoms with Gasteiger partial charge in [-0.05, 0) is 32.0 Å². The number of benzene rings is 1. The highest BCUT2D eigenvalue weighted by atomic mass is 35.5. The van der Waals surface area contributed by atoms with Crippen molar-refractivity contribution in [2.45, 2.75) is 26.4 Å². The van der Waals surface area contributed by atoms with Gasteiger partial charge in [-0.25, -0.2) is 9.97 Å². The summed E-state index contributed by atoms with van der Waals surface area (Å²) in [5.41, 5.74) is 8.39. The van der Waals surface area contributed by atoms with Crippen LogP contribution in [0.4, 0.5) is 0 Å². The number of halogens is 1. The molecule has 0 unspecified atom stereocenters. The van der Waals surface area contributed by atoms with Gasteiger partial charge in [-0.1, -0.05) is 11.6 Å². The van der Waals surface area contributed by atoms with Gasteiger partial charge in [-0.2, -0.15) is 0 Å². The number of imidazole rings is 2. The lowest BCUT2D eigenvalue weighted by Gasteiger charge is -2.11. The van der Waals surface area contributed by atoms with E-state index in [4.69, 9.17) is 22.3 Å². The van der Waals surface area contributed by atoms with Crippen molar-refractivity contribution in [2.24, 2.45) is 5.73 Å². The van der Waals surface area contributed by atoms with Gasteiger partial charge in [-0.3, -0.25) is 0 Å². The molecule has 110 valence electrons. The molecule has 0 spiro atoms. The Bertz CT molecular complexity index is 772. The minimum absolute atomic E-state index is 0.283. The zero-order chi connectivity index (χ0) is 15.0. The fourth-order valence-corrected chi connectivity index (χ4v) is 2.69. The smallest absolute Gasteiger partial charge is 0.161 e. The molecule has 0 aliphatic rings. The average Bonchev–Trinajstić information content (AvgIpc) is 3.02. The Morgan fingerprint density at radius 2 is 2.14 bits per heavy atom. The summed E-state index contributed by atoms with van der Waals surface area (Å²) < 4.78 is 4.16. The van der Waals surface area contributed by atoms with E-state index in [1.54, 1.807) is 6.33 Å². The zero-order valence-corrected chi connectivity index (χ0v) is 12.9. The second-order valence-electron chi connectivity index (χ2n) is 5.32. The first-order valence-corrected chi connectivity index (χ1v) is 7.37. The molecule has 0 aliphatic heterocycles.